The van der Waals surface area contributed by atoms with Gasteiger partial charge in [0.15, 0.2) is 0 Å². The topological polar surface area (TPSA) is 57.6 Å². The molecule has 19 heavy (non-hydrogen) atoms. The molecule has 0 aliphatic carbocycles. The minimum Gasteiger partial charge on any atom is -0.390 e. The Morgan fingerprint density at radius 1 is 1.53 bits per heavy atom. The van der Waals surface area contributed by atoms with Crippen LogP contribution in [0.4, 0.5) is 0 Å². The first-order chi connectivity index (χ1) is 9.08. The summed E-state index contributed by atoms with van der Waals surface area (Å²) in [6.45, 7) is 8.81. The second-order valence-corrected chi connectivity index (χ2v) is 6.30. The van der Waals surface area contributed by atoms with E-state index in [1.807, 2.05) is 11.6 Å². The molecule has 0 spiro atoms. The van der Waals surface area contributed by atoms with Gasteiger partial charge >= 0.3 is 0 Å². The lowest BCUT2D eigenvalue weighted by molar-refractivity contribution is 0.0137. The zero-order valence-electron chi connectivity index (χ0n) is 11.6. The highest BCUT2D eigenvalue weighted by Crippen LogP contribution is 2.21. The maximum absolute atomic E-state index is 10.1. The highest BCUT2D eigenvalue weighted by Gasteiger charge is 2.24. The fraction of sp³-hybridized carbons (Fsp3) is 0.769. The normalized spacial score (nSPS) is 19.5. The maximum Gasteiger partial charge on any atom is 0.112 e. The first-order valence-electron chi connectivity index (χ1n) is 6.71. The molecule has 1 saturated heterocycles. The van der Waals surface area contributed by atoms with Crippen molar-refractivity contribution in [2.24, 2.45) is 0 Å². The van der Waals surface area contributed by atoms with Crippen molar-refractivity contribution >= 4 is 11.3 Å². The predicted octanol–water partition coefficient (Wildman–Crippen LogP) is 0.661. The minimum absolute atomic E-state index is 0.194. The molecule has 1 aromatic rings. The number of aromatic nitrogens is 1. The molecule has 1 fully saturated rings. The Kier molecular flexibility index (Phi) is 5.29. The third-order valence-corrected chi connectivity index (χ3v) is 4.42. The van der Waals surface area contributed by atoms with Gasteiger partial charge in [0, 0.05) is 37.8 Å². The van der Waals surface area contributed by atoms with Gasteiger partial charge in [-0.25, -0.2) is 4.98 Å². The van der Waals surface area contributed by atoms with Crippen molar-refractivity contribution in [3.05, 3.63) is 16.6 Å². The van der Waals surface area contributed by atoms with Crippen LogP contribution in [0, 0.1) is 0 Å². The molecule has 5 nitrogen and oxygen atoms in total. The number of ether oxygens (including phenoxy) is 1. The summed E-state index contributed by atoms with van der Waals surface area (Å²) in [4.78, 5) is 6.57. The molecule has 0 amide bonds. The highest BCUT2D eigenvalue weighted by molar-refractivity contribution is 7.09. The van der Waals surface area contributed by atoms with Crippen LogP contribution in [0.3, 0.4) is 0 Å². The van der Waals surface area contributed by atoms with E-state index in [2.05, 4.69) is 29.0 Å². The van der Waals surface area contributed by atoms with Crippen molar-refractivity contribution in [3.8, 4) is 0 Å². The quantitative estimate of drug-likeness (QED) is 0.804. The number of rotatable bonds is 6. The lowest BCUT2D eigenvalue weighted by Crippen LogP contribution is -2.47. The van der Waals surface area contributed by atoms with Gasteiger partial charge in [0.05, 0.1) is 24.9 Å². The molecule has 0 saturated carbocycles. The van der Waals surface area contributed by atoms with Crippen LogP contribution >= 0.6 is 11.3 Å². The number of aliphatic hydroxyl groups excluding tert-OH is 1. The number of hydrogen-bond donors (Lipinski definition) is 2. The first-order valence-corrected chi connectivity index (χ1v) is 7.59. The van der Waals surface area contributed by atoms with Crippen LogP contribution in [-0.2, 0) is 10.3 Å². The molecule has 1 aromatic heterocycles. The number of thiazole rings is 1. The van der Waals surface area contributed by atoms with E-state index in [0.717, 1.165) is 31.3 Å². The lowest BCUT2D eigenvalue weighted by atomic mass is 10.1. The van der Waals surface area contributed by atoms with E-state index >= 15 is 0 Å². The second-order valence-electron chi connectivity index (χ2n) is 5.41. The molecule has 1 unspecified atom stereocenters. The number of morpholine rings is 1. The number of aliphatic hydroxyl groups is 1. The molecule has 2 heterocycles. The molecule has 2 rings (SSSR count). The Labute approximate surface area is 118 Å². The monoisotopic (exact) mass is 285 g/mol. The molecule has 6 heteroatoms. The first kappa shape index (κ1) is 14.9. The van der Waals surface area contributed by atoms with Gasteiger partial charge in [-0.3, -0.25) is 4.90 Å². The summed E-state index contributed by atoms with van der Waals surface area (Å²) in [5.41, 5.74) is -0.194. The van der Waals surface area contributed by atoms with E-state index in [9.17, 15) is 5.11 Å². The minimum atomic E-state index is -0.364. The zero-order valence-corrected chi connectivity index (χ0v) is 12.4. The van der Waals surface area contributed by atoms with Crippen molar-refractivity contribution in [2.45, 2.75) is 25.5 Å². The van der Waals surface area contributed by atoms with E-state index in [1.54, 1.807) is 11.3 Å². The average Bonchev–Trinajstić information content (AvgIpc) is 2.92. The summed E-state index contributed by atoms with van der Waals surface area (Å²) in [6.07, 6.45) is 1.45. The van der Waals surface area contributed by atoms with Crippen molar-refractivity contribution in [1.82, 2.24) is 15.2 Å². The lowest BCUT2D eigenvalue weighted by Gasteiger charge is -2.30. The molecule has 1 aliphatic rings. The summed E-state index contributed by atoms with van der Waals surface area (Å²) >= 11 is 1.64. The summed E-state index contributed by atoms with van der Waals surface area (Å²) in [5, 5.41) is 16.5. The van der Waals surface area contributed by atoms with Gasteiger partial charge in [-0.1, -0.05) is 0 Å². The Bertz CT molecular complexity index is 364. The Balaban J connectivity index is 1.75. The molecular weight excluding hydrogens is 262 g/mol. The van der Waals surface area contributed by atoms with E-state index in [4.69, 9.17) is 4.74 Å². The molecule has 0 bridgehead atoms. The highest BCUT2D eigenvalue weighted by atomic mass is 32.1. The second kappa shape index (κ2) is 6.76. The average molecular weight is 285 g/mol. The van der Waals surface area contributed by atoms with E-state index in [1.165, 1.54) is 0 Å². The van der Waals surface area contributed by atoms with Crippen molar-refractivity contribution < 1.29 is 9.84 Å². The molecule has 0 aromatic carbocycles. The Hall–Kier alpha value is -0.530. The maximum atomic E-state index is 10.1. The summed E-state index contributed by atoms with van der Waals surface area (Å²) in [6, 6.07) is 0. The van der Waals surface area contributed by atoms with Crippen molar-refractivity contribution in [2.75, 3.05) is 39.4 Å². The zero-order chi connectivity index (χ0) is 13.7. The van der Waals surface area contributed by atoms with Crippen LogP contribution in [-0.4, -0.2) is 60.5 Å². The van der Waals surface area contributed by atoms with E-state index in [0.29, 0.717) is 13.1 Å². The van der Waals surface area contributed by atoms with Crippen LogP contribution in [0.2, 0.25) is 0 Å². The number of nitrogens with one attached hydrogen (secondary N) is 1. The molecule has 0 radical (unpaired) electrons. The smallest absolute Gasteiger partial charge is 0.112 e. The summed E-state index contributed by atoms with van der Waals surface area (Å²) in [7, 11) is 0. The molecular formula is C13H23N3O2S. The van der Waals surface area contributed by atoms with E-state index < -0.39 is 0 Å². The fourth-order valence-electron chi connectivity index (χ4n) is 2.13. The molecule has 108 valence electrons. The van der Waals surface area contributed by atoms with Gasteiger partial charge in [0.2, 0.25) is 0 Å². The van der Waals surface area contributed by atoms with Gasteiger partial charge in [-0.15, -0.1) is 11.3 Å². The van der Waals surface area contributed by atoms with Gasteiger partial charge in [0.1, 0.15) is 5.01 Å². The fourth-order valence-corrected chi connectivity index (χ4v) is 2.87. The van der Waals surface area contributed by atoms with Crippen LogP contribution in [0.5, 0.6) is 0 Å². The van der Waals surface area contributed by atoms with E-state index in [-0.39, 0.29) is 11.6 Å². The van der Waals surface area contributed by atoms with Crippen LogP contribution in [0.25, 0.3) is 0 Å². The molecule has 2 N–H and O–H groups in total. The number of β-amino-alcohol motifs (C(OH)–C–C–N with tert-alkyl or cyclic N) is 1. The Morgan fingerprint density at radius 2 is 2.26 bits per heavy atom. The SMILES string of the molecule is CC(C)(NCC(O)CN1CCOCC1)c1nccs1. The van der Waals surface area contributed by atoms with Crippen molar-refractivity contribution in [1.29, 1.82) is 0 Å². The van der Waals surface area contributed by atoms with Gasteiger partial charge in [-0.05, 0) is 13.8 Å². The number of nitrogens with zero attached hydrogens (tertiary/aromatic N) is 2. The third-order valence-electron chi connectivity index (χ3n) is 3.32. The van der Waals surface area contributed by atoms with Crippen molar-refractivity contribution in [3.63, 3.8) is 0 Å². The molecule has 1 aliphatic heterocycles. The van der Waals surface area contributed by atoms with Gasteiger partial charge < -0.3 is 15.2 Å². The largest absolute Gasteiger partial charge is 0.390 e. The Morgan fingerprint density at radius 3 is 2.89 bits per heavy atom. The standard InChI is InChI=1S/C13H23N3O2S/c1-13(2,12-14-3-8-19-12)15-9-11(17)10-16-4-6-18-7-5-16/h3,8,11,15,17H,4-7,9-10H2,1-2H3. The summed E-state index contributed by atoms with van der Waals surface area (Å²) < 4.78 is 5.30. The van der Waals surface area contributed by atoms with Gasteiger partial charge in [0.25, 0.3) is 0 Å². The molecule has 1 atom stereocenters. The summed E-state index contributed by atoms with van der Waals surface area (Å²) in [5.74, 6) is 0. The number of hydrogen-bond acceptors (Lipinski definition) is 6. The van der Waals surface area contributed by atoms with Crippen LogP contribution in [0.15, 0.2) is 11.6 Å². The third kappa shape index (κ3) is 4.50. The van der Waals surface area contributed by atoms with Crippen LogP contribution in [0.1, 0.15) is 18.9 Å². The predicted molar refractivity (Wildman–Crippen MR) is 76.4 cm³/mol. The van der Waals surface area contributed by atoms with Gasteiger partial charge in [-0.2, -0.15) is 0 Å². The van der Waals surface area contributed by atoms with Crippen LogP contribution < -0.4 is 5.32 Å².